The molecule has 0 aliphatic heterocycles. The zero-order valence-corrected chi connectivity index (χ0v) is 11.1. The van der Waals surface area contributed by atoms with E-state index < -0.39 is 9.84 Å². The number of sulfone groups is 1. The Balaban J connectivity index is 2.48. The standard InChI is InChI=1S/C12H19NO3S/c1-3-13-10-11-5-4-6-12(9-11)16-7-8-17(2,14)15/h4-6,9,13H,3,7-8,10H2,1-2H3. The van der Waals surface area contributed by atoms with Crippen LogP contribution in [0.25, 0.3) is 0 Å². The van der Waals surface area contributed by atoms with Crippen LogP contribution in [0.15, 0.2) is 24.3 Å². The molecular formula is C12H19NO3S. The van der Waals surface area contributed by atoms with Gasteiger partial charge in [0.05, 0.1) is 5.75 Å². The molecule has 0 amide bonds. The number of hydrogen-bond donors (Lipinski definition) is 1. The van der Waals surface area contributed by atoms with Crippen molar-refractivity contribution in [1.82, 2.24) is 5.32 Å². The number of benzene rings is 1. The Bertz CT molecular complexity index is 443. The van der Waals surface area contributed by atoms with Gasteiger partial charge in [-0.25, -0.2) is 8.42 Å². The van der Waals surface area contributed by atoms with Gasteiger partial charge >= 0.3 is 0 Å². The fraction of sp³-hybridized carbons (Fsp3) is 0.500. The highest BCUT2D eigenvalue weighted by Crippen LogP contribution is 2.13. The van der Waals surface area contributed by atoms with Crippen LogP contribution in [0.4, 0.5) is 0 Å². The highest BCUT2D eigenvalue weighted by atomic mass is 32.2. The molecule has 0 heterocycles. The molecule has 5 heteroatoms. The molecule has 0 fully saturated rings. The first-order chi connectivity index (χ1) is 8.01. The van der Waals surface area contributed by atoms with E-state index in [0.717, 1.165) is 18.7 Å². The molecule has 1 N–H and O–H groups in total. The van der Waals surface area contributed by atoms with Gasteiger partial charge in [-0.15, -0.1) is 0 Å². The van der Waals surface area contributed by atoms with Gasteiger partial charge in [0, 0.05) is 12.8 Å². The summed E-state index contributed by atoms with van der Waals surface area (Å²) >= 11 is 0. The summed E-state index contributed by atoms with van der Waals surface area (Å²) in [6.45, 7) is 3.95. The highest BCUT2D eigenvalue weighted by molar-refractivity contribution is 7.90. The second-order valence-electron chi connectivity index (χ2n) is 3.91. The van der Waals surface area contributed by atoms with Crippen LogP contribution in [0.2, 0.25) is 0 Å². The Hall–Kier alpha value is -1.07. The molecule has 0 aromatic heterocycles. The molecule has 1 rings (SSSR count). The lowest BCUT2D eigenvalue weighted by molar-refractivity contribution is 0.340. The quantitative estimate of drug-likeness (QED) is 0.798. The SMILES string of the molecule is CCNCc1cccc(OCCS(C)(=O)=O)c1. The molecule has 0 bridgehead atoms. The summed E-state index contributed by atoms with van der Waals surface area (Å²) in [7, 11) is -2.96. The Morgan fingerprint density at radius 2 is 2.12 bits per heavy atom. The van der Waals surface area contributed by atoms with Crippen LogP contribution in [0.1, 0.15) is 12.5 Å². The molecule has 0 aliphatic carbocycles. The second-order valence-corrected chi connectivity index (χ2v) is 6.17. The number of ether oxygens (including phenoxy) is 1. The molecular weight excluding hydrogens is 238 g/mol. The smallest absolute Gasteiger partial charge is 0.150 e. The zero-order chi connectivity index (χ0) is 12.7. The lowest BCUT2D eigenvalue weighted by Gasteiger charge is -2.07. The van der Waals surface area contributed by atoms with E-state index in [1.165, 1.54) is 6.26 Å². The van der Waals surface area contributed by atoms with E-state index in [-0.39, 0.29) is 12.4 Å². The van der Waals surface area contributed by atoms with E-state index in [1.54, 1.807) is 0 Å². The van der Waals surface area contributed by atoms with E-state index in [4.69, 9.17) is 4.74 Å². The van der Waals surface area contributed by atoms with Crippen LogP contribution >= 0.6 is 0 Å². The van der Waals surface area contributed by atoms with Crippen LogP contribution in [0, 0.1) is 0 Å². The summed E-state index contributed by atoms with van der Waals surface area (Å²) in [5.74, 6) is 0.758. The monoisotopic (exact) mass is 257 g/mol. The summed E-state index contributed by atoms with van der Waals surface area (Å²) in [4.78, 5) is 0. The molecule has 17 heavy (non-hydrogen) atoms. The van der Waals surface area contributed by atoms with Crippen LogP contribution in [0.3, 0.4) is 0 Å². The van der Waals surface area contributed by atoms with Crippen LogP contribution in [0.5, 0.6) is 5.75 Å². The van der Waals surface area contributed by atoms with Crippen molar-refractivity contribution in [3.8, 4) is 5.75 Å². The Labute approximate surface area is 103 Å². The third-order valence-electron chi connectivity index (χ3n) is 2.20. The van der Waals surface area contributed by atoms with Gasteiger partial charge in [0.2, 0.25) is 0 Å². The second kappa shape index (κ2) is 6.61. The van der Waals surface area contributed by atoms with Gasteiger partial charge in [-0.2, -0.15) is 0 Å². The van der Waals surface area contributed by atoms with Crippen molar-refractivity contribution in [1.29, 1.82) is 0 Å². The maximum Gasteiger partial charge on any atom is 0.150 e. The minimum atomic E-state index is -2.96. The largest absolute Gasteiger partial charge is 0.493 e. The van der Waals surface area contributed by atoms with E-state index in [2.05, 4.69) is 5.32 Å². The lowest BCUT2D eigenvalue weighted by Crippen LogP contribution is -2.13. The lowest BCUT2D eigenvalue weighted by atomic mass is 10.2. The molecule has 0 radical (unpaired) electrons. The molecule has 1 aromatic carbocycles. The highest BCUT2D eigenvalue weighted by Gasteiger charge is 2.02. The van der Waals surface area contributed by atoms with Gasteiger partial charge in [0.1, 0.15) is 12.4 Å². The van der Waals surface area contributed by atoms with Gasteiger partial charge in [-0.05, 0) is 24.2 Å². The van der Waals surface area contributed by atoms with Gasteiger partial charge < -0.3 is 10.1 Å². The van der Waals surface area contributed by atoms with Crippen molar-refractivity contribution in [2.45, 2.75) is 13.5 Å². The van der Waals surface area contributed by atoms with Gasteiger partial charge in [-0.3, -0.25) is 0 Å². The van der Waals surface area contributed by atoms with Crippen molar-refractivity contribution in [3.05, 3.63) is 29.8 Å². The number of nitrogens with one attached hydrogen (secondary N) is 1. The predicted molar refractivity (Wildman–Crippen MR) is 69.0 cm³/mol. The molecule has 0 atom stereocenters. The van der Waals surface area contributed by atoms with Gasteiger partial charge in [-0.1, -0.05) is 19.1 Å². The molecule has 0 saturated heterocycles. The molecule has 1 aromatic rings. The Morgan fingerprint density at radius 1 is 1.35 bits per heavy atom. The molecule has 96 valence electrons. The summed E-state index contributed by atoms with van der Waals surface area (Å²) in [5, 5.41) is 3.22. The van der Waals surface area contributed by atoms with Crippen LogP contribution in [-0.4, -0.2) is 33.6 Å². The Kier molecular flexibility index (Phi) is 5.44. The van der Waals surface area contributed by atoms with Gasteiger partial charge in [0.15, 0.2) is 9.84 Å². The Morgan fingerprint density at radius 3 is 2.76 bits per heavy atom. The third-order valence-corrected chi connectivity index (χ3v) is 3.11. The van der Waals surface area contributed by atoms with Crippen molar-refractivity contribution >= 4 is 9.84 Å². The summed E-state index contributed by atoms with van der Waals surface area (Å²) < 4.78 is 27.3. The average molecular weight is 257 g/mol. The molecule has 0 unspecified atom stereocenters. The van der Waals surface area contributed by atoms with E-state index in [0.29, 0.717) is 5.75 Å². The molecule has 0 spiro atoms. The van der Waals surface area contributed by atoms with Crippen LogP contribution < -0.4 is 10.1 Å². The summed E-state index contributed by atoms with van der Waals surface area (Å²) in [6.07, 6.45) is 1.21. The predicted octanol–water partition coefficient (Wildman–Crippen LogP) is 1.22. The topological polar surface area (TPSA) is 55.4 Å². The summed E-state index contributed by atoms with van der Waals surface area (Å²) in [6, 6.07) is 7.66. The molecule has 0 saturated carbocycles. The number of hydrogen-bond acceptors (Lipinski definition) is 4. The first-order valence-corrected chi connectivity index (χ1v) is 7.67. The van der Waals surface area contributed by atoms with Crippen molar-refractivity contribution < 1.29 is 13.2 Å². The molecule has 0 aliphatic rings. The third kappa shape index (κ3) is 6.28. The van der Waals surface area contributed by atoms with E-state index >= 15 is 0 Å². The zero-order valence-electron chi connectivity index (χ0n) is 10.3. The van der Waals surface area contributed by atoms with E-state index in [9.17, 15) is 8.42 Å². The minimum absolute atomic E-state index is 0.0461. The fourth-order valence-corrected chi connectivity index (χ4v) is 1.71. The van der Waals surface area contributed by atoms with Crippen LogP contribution in [-0.2, 0) is 16.4 Å². The number of rotatable bonds is 7. The first kappa shape index (κ1) is 14.0. The van der Waals surface area contributed by atoms with Crippen molar-refractivity contribution in [3.63, 3.8) is 0 Å². The molecule has 4 nitrogen and oxygen atoms in total. The average Bonchev–Trinajstić information content (AvgIpc) is 2.25. The first-order valence-electron chi connectivity index (χ1n) is 5.61. The normalized spacial score (nSPS) is 11.4. The van der Waals surface area contributed by atoms with Gasteiger partial charge in [0.25, 0.3) is 0 Å². The maximum atomic E-state index is 10.9. The van der Waals surface area contributed by atoms with Crippen molar-refractivity contribution in [2.24, 2.45) is 0 Å². The van der Waals surface area contributed by atoms with E-state index in [1.807, 2.05) is 31.2 Å². The van der Waals surface area contributed by atoms with Crippen molar-refractivity contribution in [2.75, 3.05) is 25.2 Å². The minimum Gasteiger partial charge on any atom is -0.493 e. The fourth-order valence-electron chi connectivity index (χ4n) is 1.33. The summed E-state index contributed by atoms with van der Waals surface area (Å²) in [5.41, 5.74) is 1.13. The maximum absolute atomic E-state index is 10.9.